The van der Waals surface area contributed by atoms with Crippen LogP contribution in [0.15, 0.2) is 12.1 Å². The van der Waals surface area contributed by atoms with Gasteiger partial charge >= 0.3 is 6.98 Å². The lowest BCUT2D eigenvalue weighted by Gasteiger charge is -2.20. The summed E-state index contributed by atoms with van der Waals surface area (Å²) in [5, 5.41) is 0. The van der Waals surface area contributed by atoms with E-state index >= 15 is 0 Å². The Kier molecular flexibility index (Phi) is 5.09. The van der Waals surface area contributed by atoms with Gasteiger partial charge in [0, 0.05) is 13.7 Å². The molecule has 0 N–H and O–H groups in total. The van der Waals surface area contributed by atoms with Crippen molar-refractivity contribution in [2.45, 2.75) is 13.0 Å². The third-order valence-electron chi connectivity index (χ3n) is 1.42. The van der Waals surface area contributed by atoms with Gasteiger partial charge in [0.25, 0.3) is 0 Å². The number of hydrogen-bond donors (Lipinski definition) is 0. The zero-order valence-corrected chi connectivity index (χ0v) is 7.73. The number of halogens is 3. The van der Waals surface area contributed by atoms with Crippen molar-refractivity contribution in [3.05, 3.63) is 12.1 Å². The second-order valence-electron chi connectivity index (χ2n) is 2.81. The Balaban J connectivity index is 3.71. The molecule has 0 aromatic rings. The number of hydrogen-bond acceptors (Lipinski definition) is 2. The van der Waals surface area contributed by atoms with E-state index in [-0.39, 0.29) is 12.7 Å². The van der Waals surface area contributed by atoms with Crippen LogP contribution in [-0.4, -0.2) is 33.4 Å². The van der Waals surface area contributed by atoms with Crippen LogP contribution in [0.25, 0.3) is 0 Å². The van der Waals surface area contributed by atoms with Gasteiger partial charge in [0.15, 0.2) is 0 Å². The van der Waals surface area contributed by atoms with Gasteiger partial charge < -0.3 is 22.4 Å². The fourth-order valence-electron chi connectivity index (χ4n) is 0.627. The minimum absolute atomic E-state index is 0.276. The quantitative estimate of drug-likeness (QED) is 0.606. The van der Waals surface area contributed by atoms with Crippen LogP contribution in [-0.2, 0) is 9.47 Å². The molecule has 6 heteroatoms. The average Bonchev–Trinajstić information content (AvgIpc) is 1.99. The van der Waals surface area contributed by atoms with Crippen molar-refractivity contribution >= 4 is 6.98 Å². The third-order valence-corrected chi connectivity index (χ3v) is 1.42. The largest absolute Gasteiger partial charge is 0.507 e. The van der Waals surface area contributed by atoms with E-state index in [9.17, 15) is 12.9 Å². The van der Waals surface area contributed by atoms with Gasteiger partial charge in [-0.1, -0.05) is 0 Å². The maximum atomic E-state index is 11.9. The molecule has 1 atom stereocenters. The Morgan fingerprint density at radius 2 is 2.00 bits per heavy atom. The highest BCUT2D eigenvalue weighted by Crippen LogP contribution is 2.18. The molecule has 0 spiro atoms. The highest BCUT2D eigenvalue weighted by molar-refractivity contribution is 6.66. The van der Waals surface area contributed by atoms with Crippen molar-refractivity contribution in [3.63, 3.8) is 0 Å². The van der Waals surface area contributed by atoms with Gasteiger partial charge in [-0.15, -0.1) is 12.1 Å². The first-order valence-corrected chi connectivity index (χ1v) is 3.86. The van der Waals surface area contributed by atoms with Gasteiger partial charge in [0.05, 0.1) is 12.7 Å². The van der Waals surface area contributed by atoms with Gasteiger partial charge in [-0.25, -0.2) is 0 Å². The Morgan fingerprint density at radius 1 is 1.46 bits per heavy atom. The normalized spacial score (nSPS) is 14.2. The van der Waals surface area contributed by atoms with Crippen molar-refractivity contribution in [3.8, 4) is 0 Å². The summed E-state index contributed by atoms with van der Waals surface area (Å²) in [6.45, 7) is -0.641. The van der Waals surface area contributed by atoms with Crippen LogP contribution in [0.4, 0.5) is 12.9 Å². The van der Waals surface area contributed by atoms with Gasteiger partial charge in [0.2, 0.25) is 0 Å². The predicted molar refractivity (Wildman–Crippen MR) is 45.5 cm³/mol. The molecule has 13 heavy (non-hydrogen) atoms. The average molecular weight is 197 g/mol. The number of rotatable bonds is 6. The first-order valence-electron chi connectivity index (χ1n) is 3.86. The van der Waals surface area contributed by atoms with Gasteiger partial charge in [-0.2, -0.15) is 0 Å². The summed E-state index contributed by atoms with van der Waals surface area (Å²) in [5.41, 5.74) is -0.817. The maximum Gasteiger partial charge on any atom is 0.507 e. The fraction of sp³-hybridized carbons (Fsp3) is 0.714. The molecule has 0 aromatic carbocycles. The lowest BCUT2D eigenvalue weighted by atomic mass is 9.81. The van der Waals surface area contributed by atoms with Crippen LogP contribution >= 0.6 is 0 Å². The molecule has 78 valence electrons. The van der Waals surface area contributed by atoms with Crippen molar-refractivity contribution in [1.82, 2.24) is 0 Å². The molecule has 0 aliphatic rings. The van der Waals surface area contributed by atoms with E-state index in [1.165, 1.54) is 7.11 Å². The maximum absolute atomic E-state index is 11.9. The summed E-state index contributed by atoms with van der Waals surface area (Å²) >= 11 is 0. The van der Waals surface area contributed by atoms with Gasteiger partial charge in [0.1, 0.15) is 0 Å². The second-order valence-corrected chi connectivity index (χ2v) is 2.81. The highest BCUT2D eigenvalue weighted by atomic mass is 19.4. The Morgan fingerprint density at radius 3 is 2.38 bits per heavy atom. The highest BCUT2D eigenvalue weighted by Gasteiger charge is 2.26. The molecule has 0 saturated carbocycles. The Labute approximate surface area is 75.8 Å². The van der Waals surface area contributed by atoms with E-state index < -0.39 is 19.1 Å². The molecule has 0 fully saturated rings. The summed E-state index contributed by atoms with van der Waals surface area (Å²) < 4.78 is 45.3. The molecule has 0 saturated heterocycles. The van der Waals surface area contributed by atoms with Gasteiger partial charge in [-0.3, -0.25) is 0 Å². The molecule has 0 aliphatic carbocycles. The lowest BCUT2D eigenvalue weighted by molar-refractivity contribution is 0.0206. The van der Waals surface area contributed by atoms with Crippen LogP contribution in [0.1, 0.15) is 6.92 Å². The smallest absolute Gasteiger partial charge is 0.445 e. The summed E-state index contributed by atoms with van der Waals surface area (Å²) in [6.07, 6.45) is -0.347. The van der Waals surface area contributed by atoms with Crippen molar-refractivity contribution < 1.29 is 22.4 Å². The molecule has 0 aliphatic heterocycles. The SMILES string of the molecule is C=C(COC(C)COC)[B-](F)(F)F. The zero-order chi connectivity index (χ0) is 10.5. The monoisotopic (exact) mass is 197 g/mol. The van der Waals surface area contributed by atoms with E-state index in [0.717, 1.165) is 0 Å². The minimum Gasteiger partial charge on any atom is -0.445 e. The van der Waals surface area contributed by atoms with Crippen LogP contribution in [0, 0.1) is 0 Å². The fourth-order valence-corrected chi connectivity index (χ4v) is 0.627. The standard InChI is InChI=1S/C7H13BF3O2/c1-6(8(9,10)11)4-13-7(2)5-12-3/h7H,1,4-5H2,2-3H3/q-1. The van der Waals surface area contributed by atoms with Crippen LogP contribution in [0.5, 0.6) is 0 Å². The number of ether oxygens (including phenoxy) is 2. The summed E-state index contributed by atoms with van der Waals surface area (Å²) in [5.74, 6) is 0. The van der Waals surface area contributed by atoms with Crippen molar-refractivity contribution in [2.75, 3.05) is 20.3 Å². The lowest BCUT2D eigenvalue weighted by Crippen LogP contribution is -2.25. The molecular weight excluding hydrogens is 184 g/mol. The van der Waals surface area contributed by atoms with Gasteiger partial charge in [-0.05, 0) is 6.92 Å². The Bertz CT molecular complexity index is 170. The summed E-state index contributed by atoms with van der Waals surface area (Å²) in [4.78, 5) is 0. The Hall–Kier alpha value is -0.485. The van der Waals surface area contributed by atoms with Crippen LogP contribution < -0.4 is 0 Å². The van der Waals surface area contributed by atoms with E-state index in [0.29, 0.717) is 0 Å². The predicted octanol–water partition coefficient (Wildman–Crippen LogP) is 1.98. The van der Waals surface area contributed by atoms with Crippen molar-refractivity contribution in [2.24, 2.45) is 0 Å². The van der Waals surface area contributed by atoms with E-state index in [1.807, 2.05) is 0 Å². The molecule has 0 bridgehead atoms. The second kappa shape index (κ2) is 5.29. The van der Waals surface area contributed by atoms with Crippen LogP contribution in [0.2, 0.25) is 0 Å². The van der Waals surface area contributed by atoms with E-state index in [1.54, 1.807) is 6.92 Å². The first kappa shape index (κ1) is 12.5. The molecular formula is C7H13BF3O2-. The molecule has 0 rings (SSSR count). The molecule has 1 unspecified atom stereocenters. The van der Waals surface area contributed by atoms with Crippen LogP contribution in [0.3, 0.4) is 0 Å². The first-order chi connectivity index (χ1) is 5.88. The molecule has 0 aromatic heterocycles. The van der Waals surface area contributed by atoms with Crippen molar-refractivity contribution in [1.29, 1.82) is 0 Å². The van der Waals surface area contributed by atoms with E-state index in [4.69, 9.17) is 9.47 Å². The summed E-state index contributed by atoms with van der Waals surface area (Å²) in [6, 6.07) is 0. The third kappa shape index (κ3) is 5.71. The molecule has 0 radical (unpaired) electrons. The summed E-state index contributed by atoms with van der Waals surface area (Å²) in [7, 11) is 1.46. The molecule has 0 heterocycles. The number of methoxy groups -OCH3 is 1. The minimum atomic E-state index is -4.97. The molecule has 2 nitrogen and oxygen atoms in total. The topological polar surface area (TPSA) is 18.5 Å². The zero-order valence-electron chi connectivity index (χ0n) is 7.73. The molecule has 0 amide bonds. The van der Waals surface area contributed by atoms with E-state index in [2.05, 4.69) is 6.58 Å².